The van der Waals surface area contributed by atoms with Crippen LogP contribution in [0, 0.1) is 29.1 Å². The third-order valence-corrected chi connectivity index (χ3v) is 7.75. The monoisotopic (exact) mass is 451 g/mol. The average Bonchev–Trinajstić information content (AvgIpc) is 2.69. The number of rotatable bonds is 22. The summed E-state index contributed by atoms with van der Waals surface area (Å²) in [5, 5.41) is 0. The lowest BCUT2D eigenvalue weighted by atomic mass is 9.85. The Kier molecular flexibility index (Phi) is 20.4. The zero-order chi connectivity index (χ0) is 24.2. The molecule has 32 heavy (non-hydrogen) atoms. The number of unbranched alkanes of at least 4 members (excludes halogenated alkanes) is 7. The van der Waals surface area contributed by atoms with Gasteiger partial charge in [-0.3, -0.25) is 0 Å². The molecular weight excluding hydrogens is 384 g/mol. The van der Waals surface area contributed by atoms with Crippen LogP contribution in [0.5, 0.6) is 0 Å². The standard InChI is InChI=1S/C32H66/c1-9-20-28(2)22-17-18-23-29(3)21-15-13-11-10-12-14-16-24-30(4)27-31(5)25-19-26-32(6,7)8/h28-31H,9-27H2,1-8H3. The summed E-state index contributed by atoms with van der Waals surface area (Å²) in [6, 6.07) is 0. The maximum Gasteiger partial charge on any atom is -0.0383 e. The van der Waals surface area contributed by atoms with E-state index in [-0.39, 0.29) is 0 Å². The van der Waals surface area contributed by atoms with Gasteiger partial charge in [-0.25, -0.2) is 0 Å². The van der Waals surface area contributed by atoms with Crippen molar-refractivity contribution < 1.29 is 0 Å². The molecular formula is C32H66. The van der Waals surface area contributed by atoms with Gasteiger partial charge in [-0.15, -0.1) is 0 Å². The smallest absolute Gasteiger partial charge is 0.0383 e. The van der Waals surface area contributed by atoms with E-state index in [2.05, 4.69) is 55.4 Å². The highest BCUT2D eigenvalue weighted by Gasteiger charge is 2.13. The quantitative estimate of drug-likeness (QED) is 0.144. The van der Waals surface area contributed by atoms with Crippen LogP contribution in [0.2, 0.25) is 0 Å². The van der Waals surface area contributed by atoms with Crippen molar-refractivity contribution in [2.45, 2.75) is 177 Å². The summed E-state index contributed by atoms with van der Waals surface area (Å²) in [6.07, 6.45) is 27.5. The molecule has 0 saturated carbocycles. The molecule has 0 aliphatic rings. The first-order valence-electron chi connectivity index (χ1n) is 15.1. The second kappa shape index (κ2) is 20.4. The van der Waals surface area contributed by atoms with Gasteiger partial charge in [-0.2, -0.15) is 0 Å². The van der Waals surface area contributed by atoms with Crippen LogP contribution in [0.25, 0.3) is 0 Å². The molecule has 0 bridgehead atoms. The Labute approximate surface area is 206 Å². The third kappa shape index (κ3) is 23.2. The van der Waals surface area contributed by atoms with Gasteiger partial charge in [0.1, 0.15) is 0 Å². The topological polar surface area (TPSA) is 0 Å². The molecule has 4 unspecified atom stereocenters. The Morgan fingerprint density at radius 1 is 0.438 bits per heavy atom. The van der Waals surface area contributed by atoms with Crippen molar-refractivity contribution in [2.75, 3.05) is 0 Å². The molecule has 0 rings (SSSR count). The van der Waals surface area contributed by atoms with E-state index in [0.717, 1.165) is 23.7 Å². The van der Waals surface area contributed by atoms with Gasteiger partial charge in [0, 0.05) is 0 Å². The zero-order valence-electron chi connectivity index (χ0n) is 24.2. The van der Waals surface area contributed by atoms with E-state index < -0.39 is 0 Å². The summed E-state index contributed by atoms with van der Waals surface area (Å²) >= 11 is 0. The number of hydrogen-bond donors (Lipinski definition) is 0. The molecule has 0 N–H and O–H groups in total. The lowest BCUT2D eigenvalue weighted by Crippen LogP contribution is -2.07. The molecule has 0 aliphatic heterocycles. The minimum atomic E-state index is 0.510. The van der Waals surface area contributed by atoms with E-state index in [1.165, 1.54) is 122 Å². The molecule has 0 radical (unpaired) electrons. The molecule has 194 valence electrons. The van der Waals surface area contributed by atoms with E-state index in [4.69, 9.17) is 0 Å². The van der Waals surface area contributed by atoms with Crippen molar-refractivity contribution >= 4 is 0 Å². The van der Waals surface area contributed by atoms with Crippen LogP contribution < -0.4 is 0 Å². The summed E-state index contributed by atoms with van der Waals surface area (Å²) < 4.78 is 0. The van der Waals surface area contributed by atoms with Gasteiger partial charge in [0.25, 0.3) is 0 Å². The Morgan fingerprint density at radius 2 is 0.781 bits per heavy atom. The molecule has 0 aromatic heterocycles. The van der Waals surface area contributed by atoms with Crippen molar-refractivity contribution in [2.24, 2.45) is 29.1 Å². The second-order valence-corrected chi connectivity index (χ2v) is 13.2. The molecule has 0 amide bonds. The fourth-order valence-corrected chi connectivity index (χ4v) is 5.54. The molecule has 0 heteroatoms. The van der Waals surface area contributed by atoms with E-state index in [1.807, 2.05) is 0 Å². The maximum absolute atomic E-state index is 2.49. The van der Waals surface area contributed by atoms with Gasteiger partial charge in [0.2, 0.25) is 0 Å². The molecule has 0 aliphatic carbocycles. The highest BCUT2D eigenvalue weighted by molar-refractivity contribution is 4.65. The summed E-state index contributed by atoms with van der Waals surface area (Å²) in [4.78, 5) is 0. The lowest BCUT2D eigenvalue weighted by molar-refractivity contribution is 0.315. The van der Waals surface area contributed by atoms with Crippen molar-refractivity contribution in [3.05, 3.63) is 0 Å². The second-order valence-electron chi connectivity index (χ2n) is 13.2. The predicted octanol–water partition coefficient (Wildman–Crippen LogP) is 12.0. The predicted molar refractivity (Wildman–Crippen MR) is 150 cm³/mol. The van der Waals surface area contributed by atoms with Gasteiger partial charge in [-0.05, 0) is 41.9 Å². The van der Waals surface area contributed by atoms with Crippen LogP contribution in [-0.2, 0) is 0 Å². The molecule has 0 nitrogen and oxygen atoms in total. The van der Waals surface area contributed by atoms with E-state index >= 15 is 0 Å². The SMILES string of the molecule is CCCC(C)CCCCC(C)CCCCCCCCCC(C)CC(C)CCCC(C)(C)C. The summed E-state index contributed by atoms with van der Waals surface area (Å²) in [5.41, 5.74) is 0.510. The molecule has 0 aromatic carbocycles. The first kappa shape index (κ1) is 32.0. The molecule has 4 atom stereocenters. The lowest BCUT2D eigenvalue weighted by Gasteiger charge is -2.21. The molecule has 0 heterocycles. The molecule has 0 fully saturated rings. The van der Waals surface area contributed by atoms with Crippen LogP contribution >= 0.6 is 0 Å². The summed E-state index contributed by atoms with van der Waals surface area (Å²) in [6.45, 7) is 19.3. The Hall–Kier alpha value is 0. The Balaban J connectivity index is 3.44. The van der Waals surface area contributed by atoms with Crippen LogP contribution in [0.3, 0.4) is 0 Å². The van der Waals surface area contributed by atoms with E-state index in [9.17, 15) is 0 Å². The van der Waals surface area contributed by atoms with Crippen LogP contribution in [-0.4, -0.2) is 0 Å². The number of hydrogen-bond acceptors (Lipinski definition) is 0. The Bertz CT molecular complexity index is 376. The first-order valence-corrected chi connectivity index (χ1v) is 15.1. The van der Waals surface area contributed by atoms with Crippen molar-refractivity contribution in [1.29, 1.82) is 0 Å². The molecule has 0 aromatic rings. The van der Waals surface area contributed by atoms with E-state index in [0.29, 0.717) is 5.41 Å². The Morgan fingerprint density at radius 3 is 1.22 bits per heavy atom. The average molecular weight is 451 g/mol. The minimum absolute atomic E-state index is 0.510. The highest BCUT2D eigenvalue weighted by Crippen LogP contribution is 2.27. The van der Waals surface area contributed by atoms with Gasteiger partial charge in [-0.1, -0.05) is 165 Å². The molecule has 0 spiro atoms. The summed E-state index contributed by atoms with van der Waals surface area (Å²) in [7, 11) is 0. The van der Waals surface area contributed by atoms with Crippen LogP contribution in [0.4, 0.5) is 0 Å². The normalized spacial score (nSPS) is 16.1. The van der Waals surface area contributed by atoms with Crippen LogP contribution in [0.1, 0.15) is 177 Å². The van der Waals surface area contributed by atoms with Gasteiger partial charge < -0.3 is 0 Å². The minimum Gasteiger partial charge on any atom is -0.0654 e. The van der Waals surface area contributed by atoms with Gasteiger partial charge >= 0.3 is 0 Å². The maximum atomic E-state index is 2.49. The fraction of sp³-hybridized carbons (Fsp3) is 1.00. The fourth-order valence-electron chi connectivity index (χ4n) is 5.54. The largest absolute Gasteiger partial charge is 0.0654 e. The van der Waals surface area contributed by atoms with Gasteiger partial charge in [0.05, 0.1) is 0 Å². The van der Waals surface area contributed by atoms with Crippen LogP contribution in [0.15, 0.2) is 0 Å². The van der Waals surface area contributed by atoms with Crippen molar-refractivity contribution in [1.82, 2.24) is 0 Å². The van der Waals surface area contributed by atoms with Crippen molar-refractivity contribution in [3.63, 3.8) is 0 Å². The van der Waals surface area contributed by atoms with Gasteiger partial charge in [0.15, 0.2) is 0 Å². The highest BCUT2D eigenvalue weighted by atomic mass is 14.2. The summed E-state index contributed by atoms with van der Waals surface area (Å²) in [5.74, 6) is 3.75. The zero-order valence-corrected chi connectivity index (χ0v) is 24.2. The molecule has 0 saturated heterocycles. The van der Waals surface area contributed by atoms with E-state index in [1.54, 1.807) is 0 Å². The first-order chi connectivity index (χ1) is 15.1. The van der Waals surface area contributed by atoms with Crippen molar-refractivity contribution in [3.8, 4) is 0 Å². The third-order valence-electron chi connectivity index (χ3n) is 7.75.